The second-order valence-electron chi connectivity index (χ2n) is 10.8. The molecular weight excluding hydrogens is 455 g/mol. The Morgan fingerprint density at radius 1 is 1.11 bits per heavy atom. The highest BCUT2D eigenvalue weighted by molar-refractivity contribution is 6.03. The lowest BCUT2D eigenvalue weighted by molar-refractivity contribution is 0.0709. The average Bonchev–Trinajstić information content (AvgIpc) is 3.52. The number of amides is 1. The van der Waals surface area contributed by atoms with E-state index in [1.807, 2.05) is 23.1 Å². The van der Waals surface area contributed by atoms with Gasteiger partial charge in [0, 0.05) is 62.3 Å². The molecule has 4 heterocycles. The van der Waals surface area contributed by atoms with Gasteiger partial charge in [-0.3, -0.25) is 4.79 Å². The predicted octanol–water partition coefficient (Wildman–Crippen LogP) is 4.22. The highest BCUT2D eigenvalue weighted by Gasteiger charge is 2.30. The number of rotatable bonds is 4. The number of imidazole rings is 1. The molecule has 36 heavy (non-hydrogen) atoms. The summed E-state index contributed by atoms with van der Waals surface area (Å²) in [4.78, 5) is 22.7. The minimum absolute atomic E-state index is 0.0247. The number of fused-ring (bicyclic) bond motifs is 1. The lowest BCUT2D eigenvalue weighted by Gasteiger charge is -2.32. The van der Waals surface area contributed by atoms with Crippen LogP contribution in [0.3, 0.4) is 0 Å². The van der Waals surface area contributed by atoms with E-state index in [-0.39, 0.29) is 17.8 Å². The maximum absolute atomic E-state index is 14.1. The molecule has 3 aliphatic rings. The largest absolute Gasteiger partial charge is 0.371 e. The quantitative estimate of drug-likeness (QED) is 0.469. The smallest absolute Gasteiger partial charge is 0.254 e. The van der Waals surface area contributed by atoms with Gasteiger partial charge in [-0.1, -0.05) is 0 Å². The molecule has 8 heteroatoms. The molecule has 0 spiro atoms. The number of nitrogens with two attached hydrogens (primary N) is 1. The van der Waals surface area contributed by atoms with Crippen molar-refractivity contribution in [1.82, 2.24) is 19.0 Å². The summed E-state index contributed by atoms with van der Waals surface area (Å²) in [6.45, 7) is 3.89. The number of hydrogen-bond acceptors (Lipinski definition) is 4. The summed E-state index contributed by atoms with van der Waals surface area (Å²) in [5, 5.41) is 0.899. The van der Waals surface area contributed by atoms with Crippen molar-refractivity contribution in [1.29, 1.82) is 0 Å². The van der Waals surface area contributed by atoms with Gasteiger partial charge >= 0.3 is 0 Å². The van der Waals surface area contributed by atoms with Crippen molar-refractivity contribution in [2.75, 3.05) is 31.6 Å². The van der Waals surface area contributed by atoms with Crippen LogP contribution in [0.5, 0.6) is 0 Å². The SMILES string of the molecule is CN1CCn2c(-c3cc4cc(F)ccc4n3CC3CC3)nc3cc(C(=O)N4CCCC(N)C4)cc1c32. The van der Waals surface area contributed by atoms with Crippen LogP contribution in [-0.4, -0.2) is 57.6 Å². The zero-order valence-electron chi connectivity index (χ0n) is 20.6. The Hall–Kier alpha value is -3.39. The molecule has 186 valence electrons. The fraction of sp³-hybridized carbons (Fsp3) is 0.429. The third-order valence-electron chi connectivity index (χ3n) is 8.11. The molecule has 7 rings (SSSR count). The third-order valence-corrected chi connectivity index (χ3v) is 8.11. The normalized spacial score (nSPS) is 20.0. The van der Waals surface area contributed by atoms with E-state index in [2.05, 4.69) is 27.1 Å². The number of nitrogens with zero attached hydrogens (tertiary/aromatic N) is 5. The highest BCUT2D eigenvalue weighted by Crippen LogP contribution is 2.39. The van der Waals surface area contributed by atoms with Crippen LogP contribution in [0.4, 0.5) is 10.1 Å². The van der Waals surface area contributed by atoms with Crippen LogP contribution >= 0.6 is 0 Å². The van der Waals surface area contributed by atoms with Crippen molar-refractivity contribution >= 4 is 33.5 Å². The highest BCUT2D eigenvalue weighted by atomic mass is 19.1. The van der Waals surface area contributed by atoms with Gasteiger partial charge in [-0.05, 0) is 68.0 Å². The van der Waals surface area contributed by atoms with Crippen LogP contribution in [0.1, 0.15) is 36.0 Å². The van der Waals surface area contributed by atoms with Crippen molar-refractivity contribution in [3.05, 3.63) is 47.8 Å². The lowest BCUT2D eigenvalue weighted by atomic mass is 10.0. The monoisotopic (exact) mass is 486 g/mol. The molecule has 1 aliphatic carbocycles. The minimum atomic E-state index is -0.225. The molecule has 0 bridgehead atoms. The first-order valence-corrected chi connectivity index (χ1v) is 13.1. The number of anilines is 1. The summed E-state index contributed by atoms with van der Waals surface area (Å²) in [6.07, 6.45) is 4.37. The van der Waals surface area contributed by atoms with Crippen molar-refractivity contribution in [3.8, 4) is 11.5 Å². The Balaban J connectivity index is 1.39. The van der Waals surface area contributed by atoms with Crippen LogP contribution in [0.15, 0.2) is 36.4 Å². The average molecular weight is 487 g/mol. The number of likely N-dealkylation sites (N-methyl/N-ethyl adjacent to an activating group) is 1. The summed E-state index contributed by atoms with van der Waals surface area (Å²) in [7, 11) is 2.07. The molecule has 0 radical (unpaired) electrons. The molecule has 1 atom stereocenters. The van der Waals surface area contributed by atoms with E-state index in [1.165, 1.54) is 12.8 Å². The molecule has 1 saturated heterocycles. The van der Waals surface area contributed by atoms with Crippen molar-refractivity contribution in [2.24, 2.45) is 11.7 Å². The Kier molecular flexibility index (Phi) is 4.90. The summed E-state index contributed by atoms with van der Waals surface area (Å²) < 4.78 is 18.7. The van der Waals surface area contributed by atoms with Gasteiger partial charge in [0.1, 0.15) is 5.82 Å². The number of hydrogen-bond donors (Lipinski definition) is 1. The van der Waals surface area contributed by atoms with Crippen LogP contribution in [0.25, 0.3) is 33.5 Å². The topological polar surface area (TPSA) is 72.3 Å². The Morgan fingerprint density at radius 3 is 2.78 bits per heavy atom. The van der Waals surface area contributed by atoms with E-state index in [0.29, 0.717) is 18.0 Å². The Labute approximate surface area is 209 Å². The summed E-state index contributed by atoms with van der Waals surface area (Å²) >= 11 is 0. The summed E-state index contributed by atoms with van der Waals surface area (Å²) in [5.41, 5.74) is 11.8. The molecule has 2 fully saturated rings. The molecule has 2 aromatic heterocycles. The van der Waals surface area contributed by atoms with Crippen LogP contribution < -0.4 is 10.6 Å². The van der Waals surface area contributed by atoms with E-state index < -0.39 is 0 Å². The van der Waals surface area contributed by atoms with E-state index in [1.54, 1.807) is 12.1 Å². The second kappa shape index (κ2) is 8.06. The molecular formula is C28H31FN6O. The predicted molar refractivity (Wildman–Crippen MR) is 140 cm³/mol. The van der Waals surface area contributed by atoms with Gasteiger partial charge in [0.25, 0.3) is 5.91 Å². The third kappa shape index (κ3) is 3.50. The number of halogens is 1. The van der Waals surface area contributed by atoms with Crippen molar-refractivity contribution in [3.63, 3.8) is 0 Å². The van der Waals surface area contributed by atoms with Crippen molar-refractivity contribution < 1.29 is 9.18 Å². The first-order valence-electron chi connectivity index (χ1n) is 13.1. The number of aromatic nitrogens is 3. The van der Waals surface area contributed by atoms with Gasteiger partial charge in [0.2, 0.25) is 0 Å². The fourth-order valence-corrected chi connectivity index (χ4v) is 6.00. The van der Waals surface area contributed by atoms with Crippen molar-refractivity contribution in [2.45, 2.75) is 44.8 Å². The Morgan fingerprint density at radius 2 is 1.97 bits per heavy atom. The van der Waals surface area contributed by atoms with E-state index >= 15 is 0 Å². The molecule has 7 nitrogen and oxygen atoms in total. The molecule has 1 saturated carbocycles. The summed E-state index contributed by atoms with van der Waals surface area (Å²) in [5.74, 6) is 1.35. The number of benzene rings is 2. The second-order valence-corrected chi connectivity index (χ2v) is 10.8. The number of carbonyl (C=O) groups is 1. The molecule has 1 amide bonds. The first kappa shape index (κ1) is 21.9. The van der Waals surface area contributed by atoms with Crippen LogP contribution in [-0.2, 0) is 13.1 Å². The molecule has 2 aromatic carbocycles. The molecule has 2 N–H and O–H groups in total. The maximum atomic E-state index is 14.1. The first-order chi connectivity index (χ1) is 17.5. The van der Waals surface area contributed by atoms with Gasteiger partial charge in [-0.2, -0.15) is 0 Å². The van der Waals surface area contributed by atoms with Crippen LogP contribution in [0, 0.1) is 11.7 Å². The van der Waals surface area contributed by atoms with Gasteiger partial charge in [0.15, 0.2) is 5.82 Å². The van der Waals surface area contributed by atoms with E-state index in [0.717, 1.165) is 78.2 Å². The zero-order chi connectivity index (χ0) is 24.6. The number of likely N-dealkylation sites (tertiary alicyclic amines) is 1. The van der Waals surface area contributed by atoms with E-state index in [4.69, 9.17) is 10.7 Å². The fourth-order valence-electron chi connectivity index (χ4n) is 6.00. The summed E-state index contributed by atoms with van der Waals surface area (Å²) in [6, 6.07) is 11.1. The molecule has 4 aromatic rings. The number of piperidine rings is 1. The minimum Gasteiger partial charge on any atom is -0.371 e. The lowest BCUT2D eigenvalue weighted by Crippen LogP contribution is -2.45. The maximum Gasteiger partial charge on any atom is 0.254 e. The standard InChI is InChI=1S/C28H31FN6O/c1-32-9-10-34-26-22(12-19(14-24(26)32)28(36)33-8-2-3-21(30)16-33)31-27(34)25-13-18-11-20(29)6-7-23(18)35(25)15-17-4-5-17/h6-7,11-14,17,21H,2-5,8-10,15-16,30H2,1H3. The number of carbonyl (C=O) groups excluding carboxylic acids is 1. The zero-order valence-corrected chi connectivity index (χ0v) is 20.6. The molecule has 2 aliphatic heterocycles. The Bertz CT molecular complexity index is 1520. The van der Waals surface area contributed by atoms with E-state index in [9.17, 15) is 9.18 Å². The van der Waals surface area contributed by atoms with Gasteiger partial charge in [-0.15, -0.1) is 0 Å². The van der Waals surface area contributed by atoms with Gasteiger partial charge < -0.3 is 24.7 Å². The molecule has 1 unspecified atom stereocenters. The van der Waals surface area contributed by atoms with Gasteiger partial charge in [-0.25, -0.2) is 9.37 Å². The van der Waals surface area contributed by atoms with Gasteiger partial charge in [0.05, 0.1) is 22.4 Å². The van der Waals surface area contributed by atoms with Crippen LogP contribution in [0.2, 0.25) is 0 Å².